The Morgan fingerprint density at radius 3 is 2.36 bits per heavy atom. The summed E-state index contributed by atoms with van der Waals surface area (Å²) in [6, 6.07) is 12.3. The highest BCUT2D eigenvalue weighted by molar-refractivity contribution is 9.11. The van der Waals surface area contributed by atoms with Gasteiger partial charge in [0.15, 0.2) is 6.61 Å². The van der Waals surface area contributed by atoms with Crippen LogP contribution in [0.25, 0.3) is 6.08 Å². The lowest BCUT2D eigenvalue weighted by Gasteiger charge is -2.26. The van der Waals surface area contributed by atoms with Crippen LogP contribution in [0.1, 0.15) is 16.7 Å². The first-order valence-corrected chi connectivity index (χ1v) is 13.6. The van der Waals surface area contributed by atoms with Crippen LogP contribution in [0.15, 0.2) is 63.0 Å². The van der Waals surface area contributed by atoms with Crippen molar-refractivity contribution in [3.8, 4) is 5.75 Å². The molecule has 4 rings (SSSR count). The van der Waals surface area contributed by atoms with Gasteiger partial charge in [0.25, 0.3) is 17.7 Å². The van der Waals surface area contributed by atoms with Crippen molar-refractivity contribution in [1.29, 1.82) is 0 Å². The van der Waals surface area contributed by atoms with Crippen molar-refractivity contribution in [2.24, 2.45) is 0 Å². The van der Waals surface area contributed by atoms with Crippen molar-refractivity contribution in [2.75, 3.05) is 16.8 Å². The number of aryl methyl sites for hydroxylation is 2. The van der Waals surface area contributed by atoms with Crippen molar-refractivity contribution in [2.45, 2.75) is 13.8 Å². The van der Waals surface area contributed by atoms with Crippen LogP contribution in [0.4, 0.5) is 16.2 Å². The van der Waals surface area contributed by atoms with Crippen LogP contribution in [-0.2, 0) is 14.4 Å². The van der Waals surface area contributed by atoms with E-state index >= 15 is 0 Å². The lowest BCUT2D eigenvalue weighted by atomic mass is 10.1. The number of amides is 5. The van der Waals surface area contributed by atoms with E-state index in [0.717, 1.165) is 16.0 Å². The maximum absolute atomic E-state index is 13.2. The van der Waals surface area contributed by atoms with Gasteiger partial charge in [-0.3, -0.25) is 19.7 Å². The van der Waals surface area contributed by atoms with Gasteiger partial charge in [-0.05, 0) is 105 Å². The van der Waals surface area contributed by atoms with Crippen LogP contribution in [-0.4, -0.2) is 30.4 Å². The van der Waals surface area contributed by atoms with E-state index in [1.54, 1.807) is 12.1 Å². The number of hydrogen-bond acceptors (Lipinski definition) is 5. The minimum atomic E-state index is -0.911. The van der Waals surface area contributed by atoms with Gasteiger partial charge in [0.1, 0.15) is 11.3 Å². The summed E-state index contributed by atoms with van der Waals surface area (Å²) in [4.78, 5) is 51.4. The largest absolute Gasteiger partial charge is 0.481 e. The number of halogens is 4. The fourth-order valence-electron chi connectivity index (χ4n) is 3.68. The number of carbonyl (C=O) groups is 4. The van der Waals surface area contributed by atoms with E-state index in [-0.39, 0.29) is 33.8 Å². The molecule has 1 aliphatic rings. The topological polar surface area (TPSA) is 105 Å². The lowest BCUT2D eigenvalue weighted by Crippen LogP contribution is -2.54. The van der Waals surface area contributed by atoms with Crippen molar-refractivity contribution in [3.63, 3.8) is 0 Å². The number of imide groups is 2. The quantitative estimate of drug-likeness (QED) is 0.218. The molecule has 0 atom stereocenters. The highest BCUT2D eigenvalue weighted by atomic mass is 79.9. The van der Waals surface area contributed by atoms with Crippen LogP contribution in [0.3, 0.4) is 0 Å². The van der Waals surface area contributed by atoms with Crippen LogP contribution in [0.5, 0.6) is 5.75 Å². The molecule has 0 saturated carbocycles. The van der Waals surface area contributed by atoms with Gasteiger partial charge < -0.3 is 10.1 Å². The molecule has 8 nitrogen and oxygen atoms in total. The first-order valence-electron chi connectivity index (χ1n) is 11.3. The second-order valence-electron chi connectivity index (χ2n) is 8.53. The third kappa shape index (κ3) is 6.52. The van der Waals surface area contributed by atoms with E-state index in [1.165, 1.54) is 24.3 Å². The Morgan fingerprint density at radius 1 is 1.00 bits per heavy atom. The molecule has 0 spiro atoms. The maximum Gasteiger partial charge on any atom is 0.335 e. The highest BCUT2D eigenvalue weighted by Crippen LogP contribution is 2.36. The minimum absolute atomic E-state index is 0.142. The van der Waals surface area contributed by atoms with E-state index in [9.17, 15) is 19.2 Å². The third-order valence-corrected chi connectivity index (χ3v) is 7.53. The number of urea groups is 1. The van der Waals surface area contributed by atoms with Crippen LogP contribution in [0, 0.1) is 13.8 Å². The van der Waals surface area contributed by atoms with Gasteiger partial charge in [0.2, 0.25) is 0 Å². The van der Waals surface area contributed by atoms with E-state index in [1.807, 2.05) is 32.0 Å². The van der Waals surface area contributed by atoms with Gasteiger partial charge >= 0.3 is 6.03 Å². The molecule has 1 heterocycles. The Morgan fingerprint density at radius 2 is 1.69 bits per heavy atom. The standard InChI is InChI=1S/C27H19Br2Cl2N3O5/c1-13-3-4-14(2)22(7-13)32-23(35)12-39-24-18(28)9-15(10-19(24)29)8-17-25(36)33-27(38)34(26(17)37)16-5-6-20(30)21(31)11-16/h3-11H,12H2,1-2H3,(H,32,35)(H,33,36,38)/b17-8-. The molecule has 0 radical (unpaired) electrons. The number of benzene rings is 3. The average Bonchev–Trinajstić information content (AvgIpc) is 2.85. The Labute approximate surface area is 250 Å². The number of carbonyl (C=O) groups excluding carboxylic acids is 4. The fraction of sp³-hybridized carbons (Fsp3) is 0.111. The first kappa shape index (κ1) is 28.8. The zero-order valence-corrected chi connectivity index (χ0v) is 25.1. The monoisotopic (exact) mass is 693 g/mol. The summed E-state index contributed by atoms with van der Waals surface area (Å²) in [6.45, 7) is 3.57. The van der Waals surface area contributed by atoms with Crippen molar-refractivity contribution < 1.29 is 23.9 Å². The van der Waals surface area contributed by atoms with Gasteiger partial charge in [0.05, 0.1) is 24.7 Å². The van der Waals surface area contributed by atoms with Crippen molar-refractivity contribution in [1.82, 2.24) is 5.32 Å². The normalized spacial score (nSPS) is 14.5. The number of hydrogen-bond donors (Lipinski definition) is 2. The summed E-state index contributed by atoms with van der Waals surface area (Å²) < 4.78 is 6.64. The second kappa shape index (κ2) is 11.9. The Balaban J connectivity index is 1.53. The number of nitrogens with zero attached hydrogens (tertiary/aromatic N) is 1. The minimum Gasteiger partial charge on any atom is -0.481 e. The molecular formula is C27H19Br2Cl2N3O5. The van der Waals surface area contributed by atoms with Crippen LogP contribution in [0.2, 0.25) is 10.0 Å². The van der Waals surface area contributed by atoms with E-state index in [4.69, 9.17) is 27.9 Å². The van der Waals surface area contributed by atoms with Gasteiger partial charge in [-0.2, -0.15) is 0 Å². The molecule has 3 aromatic rings. The van der Waals surface area contributed by atoms with E-state index in [2.05, 4.69) is 42.5 Å². The van der Waals surface area contributed by atoms with Gasteiger partial charge in [-0.1, -0.05) is 35.3 Å². The molecule has 1 saturated heterocycles. The summed E-state index contributed by atoms with van der Waals surface area (Å²) in [7, 11) is 0. The SMILES string of the molecule is Cc1ccc(C)c(NC(=O)COc2c(Br)cc(/C=C3/C(=O)NC(=O)N(c4ccc(Cl)c(Cl)c4)C3=O)cc2Br)c1. The number of anilines is 2. The molecule has 2 N–H and O–H groups in total. The van der Waals surface area contributed by atoms with Crippen molar-refractivity contribution in [3.05, 3.63) is 89.8 Å². The van der Waals surface area contributed by atoms with Gasteiger partial charge in [-0.25, -0.2) is 9.69 Å². The zero-order valence-electron chi connectivity index (χ0n) is 20.4. The van der Waals surface area contributed by atoms with Gasteiger partial charge in [0, 0.05) is 5.69 Å². The maximum atomic E-state index is 13.2. The molecule has 0 unspecified atom stereocenters. The molecular weight excluding hydrogens is 677 g/mol. The molecule has 3 aromatic carbocycles. The van der Waals surface area contributed by atoms with Crippen LogP contribution >= 0.6 is 55.1 Å². The van der Waals surface area contributed by atoms with E-state index in [0.29, 0.717) is 25.9 Å². The molecule has 1 aliphatic heterocycles. The Hall–Kier alpha value is -3.18. The number of barbiturate groups is 1. The molecule has 1 fully saturated rings. The second-order valence-corrected chi connectivity index (χ2v) is 11.0. The molecule has 0 aliphatic carbocycles. The zero-order chi connectivity index (χ0) is 28.4. The molecule has 5 amide bonds. The van der Waals surface area contributed by atoms with Crippen molar-refractivity contribution >= 4 is 96.3 Å². The number of rotatable bonds is 6. The summed E-state index contributed by atoms with van der Waals surface area (Å²) >= 11 is 18.8. The summed E-state index contributed by atoms with van der Waals surface area (Å²) in [5.41, 5.74) is 2.96. The molecule has 12 heteroatoms. The predicted molar refractivity (Wildman–Crippen MR) is 157 cm³/mol. The summed E-state index contributed by atoms with van der Waals surface area (Å²) in [6.07, 6.45) is 1.33. The fourth-order valence-corrected chi connectivity index (χ4v) is 5.42. The predicted octanol–water partition coefficient (Wildman–Crippen LogP) is 6.82. The summed E-state index contributed by atoms with van der Waals surface area (Å²) in [5, 5.41) is 5.37. The molecule has 0 bridgehead atoms. The molecule has 0 aromatic heterocycles. The highest BCUT2D eigenvalue weighted by Gasteiger charge is 2.37. The number of nitrogens with one attached hydrogen (secondary N) is 2. The number of ether oxygens (including phenoxy) is 1. The molecule has 39 heavy (non-hydrogen) atoms. The molecule has 200 valence electrons. The van der Waals surface area contributed by atoms with Crippen LogP contribution < -0.4 is 20.3 Å². The third-order valence-electron chi connectivity index (χ3n) is 5.61. The summed E-state index contributed by atoms with van der Waals surface area (Å²) in [5.74, 6) is -1.68. The average molecular weight is 696 g/mol. The Kier molecular flexibility index (Phi) is 8.80. The first-order chi connectivity index (χ1) is 18.4. The Bertz CT molecular complexity index is 1550. The lowest BCUT2D eigenvalue weighted by molar-refractivity contribution is -0.122. The smallest absolute Gasteiger partial charge is 0.335 e. The van der Waals surface area contributed by atoms with Gasteiger partial charge in [-0.15, -0.1) is 0 Å². The van der Waals surface area contributed by atoms with E-state index < -0.39 is 17.8 Å².